The number of halogens is 1. The number of hydrogen-bond acceptors (Lipinski definition) is 4. The van der Waals surface area contributed by atoms with Crippen molar-refractivity contribution in [3.63, 3.8) is 0 Å². The molecule has 4 rings (SSSR count). The van der Waals surface area contributed by atoms with Crippen LogP contribution in [0, 0.1) is 0 Å². The van der Waals surface area contributed by atoms with Gasteiger partial charge in [-0.2, -0.15) is 0 Å². The summed E-state index contributed by atoms with van der Waals surface area (Å²) in [5.74, 6) is 0.256. The monoisotopic (exact) mass is 411 g/mol. The third-order valence-corrected chi connectivity index (χ3v) is 4.58. The summed E-state index contributed by atoms with van der Waals surface area (Å²) >= 11 is 3.40. The van der Waals surface area contributed by atoms with Crippen molar-refractivity contribution in [2.45, 2.75) is 13.5 Å². The van der Waals surface area contributed by atoms with Gasteiger partial charge < -0.3 is 5.32 Å². The molecule has 0 spiro atoms. The maximum atomic E-state index is 13.1. The normalized spacial score (nSPS) is 11.2. The Bertz CT molecular complexity index is 1200. The summed E-state index contributed by atoms with van der Waals surface area (Å²) in [5.41, 5.74) is 2.02. The van der Waals surface area contributed by atoms with Crippen LogP contribution in [0.1, 0.15) is 12.5 Å². The molecule has 0 radical (unpaired) electrons. The van der Waals surface area contributed by atoms with Crippen molar-refractivity contribution in [3.05, 3.63) is 69.2 Å². The van der Waals surface area contributed by atoms with E-state index in [2.05, 4.69) is 31.4 Å². The van der Waals surface area contributed by atoms with Crippen LogP contribution in [0.2, 0.25) is 0 Å². The lowest BCUT2D eigenvalue weighted by Crippen LogP contribution is -2.24. The van der Waals surface area contributed by atoms with Crippen molar-refractivity contribution in [1.29, 1.82) is 0 Å². The summed E-state index contributed by atoms with van der Waals surface area (Å²) in [6.07, 6.45) is 0. The number of hydrogen-bond donors (Lipinski definition) is 1. The van der Waals surface area contributed by atoms with Crippen molar-refractivity contribution in [2.75, 3.05) is 5.32 Å². The van der Waals surface area contributed by atoms with Crippen LogP contribution in [0.3, 0.4) is 0 Å². The van der Waals surface area contributed by atoms with E-state index in [-0.39, 0.29) is 11.5 Å². The van der Waals surface area contributed by atoms with Crippen molar-refractivity contribution in [1.82, 2.24) is 19.2 Å². The highest BCUT2D eigenvalue weighted by Crippen LogP contribution is 2.21. The fourth-order valence-electron chi connectivity index (χ4n) is 2.97. The van der Waals surface area contributed by atoms with E-state index >= 15 is 0 Å². The summed E-state index contributed by atoms with van der Waals surface area (Å²) in [4.78, 5) is 24.5. The van der Waals surface area contributed by atoms with Gasteiger partial charge >= 0.3 is 0 Å². The van der Waals surface area contributed by atoms with Gasteiger partial charge in [-0.3, -0.25) is 18.6 Å². The summed E-state index contributed by atoms with van der Waals surface area (Å²) in [6.45, 7) is 1.80. The van der Waals surface area contributed by atoms with Crippen molar-refractivity contribution in [3.8, 4) is 0 Å². The van der Waals surface area contributed by atoms with E-state index in [4.69, 9.17) is 0 Å². The van der Waals surface area contributed by atoms with E-state index in [1.807, 2.05) is 30.3 Å². The Balaban J connectivity index is 2.01. The Morgan fingerprint density at radius 1 is 1.15 bits per heavy atom. The second kappa shape index (κ2) is 6.38. The predicted octanol–water partition coefficient (Wildman–Crippen LogP) is 2.81. The molecule has 8 heteroatoms. The number of aromatic nitrogens is 4. The molecule has 2 aromatic heterocycles. The average Bonchev–Trinajstić information content (AvgIpc) is 3.01. The van der Waals surface area contributed by atoms with E-state index in [1.165, 1.54) is 6.92 Å². The molecule has 0 aliphatic carbocycles. The number of nitrogens with zero attached hydrogens (tertiary/aromatic N) is 4. The third kappa shape index (κ3) is 2.78. The van der Waals surface area contributed by atoms with E-state index < -0.39 is 0 Å². The van der Waals surface area contributed by atoms with E-state index in [1.54, 1.807) is 27.2 Å². The third-order valence-electron chi connectivity index (χ3n) is 4.06. The Morgan fingerprint density at radius 3 is 2.65 bits per heavy atom. The SMILES string of the molecule is CC(=O)Nc1ccc2c(c1)c(=O)n(Cc1ccccc1)c1nnc(Br)n21. The summed E-state index contributed by atoms with van der Waals surface area (Å²) < 4.78 is 3.86. The molecule has 1 N–H and O–H groups in total. The van der Waals surface area contributed by atoms with Crippen LogP contribution < -0.4 is 10.9 Å². The quantitative estimate of drug-likeness (QED) is 0.561. The van der Waals surface area contributed by atoms with Crippen LogP contribution in [0.5, 0.6) is 0 Å². The van der Waals surface area contributed by atoms with Gasteiger partial charge in [0.2, 0.25) is 16.4 Å². The first kappa shape index (κ1) is 16.5. The zero-order valence-electron chi connectivity index (χ0n) is 13.8. The molecular weight excluding hydrogens is 398 g/mol. The number of rotatable bonds is 3. The van der Waals surface area contributed by atoms with Crippen LogP contribution in [-0.2, 0) is 11.3 Å². The van der Waals surface area contributed by atoms with Crippen LogP contribution in [0.25, 0.3) is 16.7 Å². The number of anilines is 1. The molecule has 0 saturated carbocycles. The van der Waals surface area contributed by atoms with Gasteiger partial charge in [0, 0.05) is 12.6 Å². The first-order valence-electron chi connectivity index (χ1n) is 7.93. The van der Waals surface area contributed by atoms with Crippen LogP contribution in [-0.4, -0.2) is 25.1 Å². The molecule has 2 aromatic carbocycles. The van der Waals surface area contributed by atoms with Crippen LogP contribution in [0.4, 0.5) is 5.69 Å². The lowest BCUT2D eigenvalue weighted by molar-refractivity contribution is -0.114. The number of amides is 1. The zero-order valence-corrected chi connectivity index (χ0v) is 15.4. The van der Waals surface area contributed by atoms with E-state index in [0.717, 1.165) is 5.56 Å². The van der Waals surface area contributed by atoms with Gasteiger partial charge in [0.1, 0.15) is 0 Å². The van der Waals surface area contributed by atoms with Crippen molar-refractivity contribution >= 4 is 44.2 Å². The molecule has 130 valence electrons. The summed E-state index contributed by atoms with van der Waals surface area (Å²) in [6, 6.07) is 14.9. The summed E-state index contributed by atoms with van der Waals surface area (Å²) in [7, 11) is 0. The predicted molar refractivity (Wildman–Crippen MR) is 102 cm³/mol. The molecule has 7 nitrogen and oxygen atoms in total. The Hall–Kier alpha value is -3.00. The fourth-order valence-corrected chi connectivity index (χ4v) is 3.40. The first-order valence-corrected chi connectivity index (χ1v) is 8.72. The number of carbonyl (C=O) groups excluding carboxylic acids is 1. The largest absolute Gasteiger partial charge is 0.326 e. The number of benzene rings is 2. The molecule has 0 saturated heterocycles. The number of fused-ring (bicyclic) bond motifs is 3. The van der Waals surface area contributed by atoms with Gasteiger partial charge in [-0.15, -0.1) is 10.2 Å². The Morgan fingerprint density at radius 2 is 1.92 bits per heavy atom. The maximum Gasteiger partial charge on any atom is 0.263 e. The lowest BCUT2D eigenvalue weighted by atomic mass is 10.2. The molecule has 26 heavy (non-hydrogen) atoms. The standard InChI is InChI=1S/C18H14BrN5O2/c1-11(25)20-13-7-8-15-14(9-13)16(26)23(10-12-5-3-2-4-6-12)18-22-21-17(19)24(15)18/h2-9H,10H2,1H3,(H,20,25). The molecule has 0 fully saturated rings. The van der Waals surface area contributed by atoms with Crippen LogP contribution in [0.15, 0.2) is 58.1 Å². The first-order chi connectivity index (χ1) is 12.5. The van der Waals surface area contributed by atoms with E-state index in [0.29, 0.717) is 33.6 Å². The highest BCUT2D eigenvalue weighted by molar-refractivity contribution is 9.10. The van der Waals surface area contributed by atoms with Crippen LogP contribution >= 0.6 is 15.9 Å². The van der Waals surface area contributed by atoms with Crippen molar-refractivity contribution < 1.29 is 4.79 Å². The minimum atomic E-state index is -0.194. The van der Waals surface area contributed by atoms with Gasteiger partial charge in [0.15, 0.2) is 0 Å². The van der Waals surface area contributed by atoms with Gasteiger partial charge in [-0.1, -0.05) is 30.3 Å². The molecule has 4 aromatic rings. The summed E-state index contributed by atoms with van der Waals surface area (Å²) in [5, 5.41) is 11.4. The topological polar surface area (TPSA) is 81.3 Å². The number of carbonyl (C=O) groups is 1. The number of nitrogens with one attached hydrogen (secondary N) is 1. The molecule has 0 bridgehead atoms. The lowest BCUT2D eigenvalue weighted by Gasteiger charge is -2.12. The Labute approximate surface area is 156 Å². The molecule has 1 amide bonds. The zero-order chi connectivity index (χ0) is 18.3. The smallest absolute Gasteiger partial charge is 0.263 e. The second-order valence-corrected chi connectivity index (χ2v) is 6.60. The highest BCUT2D eigenvalue weighted by atomic mass is 79.9. The van der Waals surface area contributed by atoms with Gasteiger partial charge in [-0.25, -0.2) is 0 Å². The molecule has 0 aliphatic heterocycles. The van der Waals surface area contributed by atoms with Gasteiger partial charge in [-0.05, 0) is 39.7 Å². The van der Waals surface area contributed by atoms with Gasteiger partial charge in [0.25, 0.3) is 5.56 Å². The Kier molecular flexibility index (Phi) is 4.04. The van der Waals surface area contributed by atoms with Gasteiger partial charge in [0.05, 0.1) is 17.4 Å². The minimum absolute atomic E-state index is 0.191. The molecular formula is C18H14BrN5O2. The molecule has 0 aliphatic rings. The molecule has 0 unspecified atom stereocenters. The van der Waals surface area contributed by atoms with Crippen molar-refractivity contribution in [2.24, 2.45) is 0 Å². The molecule has 0 atom stereocenters. The highest BCUT2D eigenvalue weighted by Gasteiger charge is 2.16. The minimum Gasteiger partial charge on any atom is -0.326 e. The maximum absolute atomic E-state index is 13.1. The van der Waals surface area contributed by atoms with E-state index in [9.17, 15) is 9.59 Å². The average molecular weight is 412 g/mol. The molecule has 2 heterocycles. The fraction of sp³-hybridized carbons (Fsp3) is 0.111. The second-order valence-electron chi connectivity index (χ2n) is 5.89.